The molecule has 0 spiro atoms. The minimum atomic E-state index is -3.43. The number of rotatable bonds is 5. The summed E-state index contributed by atoms with van der Waals surface area (Å²) < 4.78 is 26.6. The first-order valence-electron chi connectivity index (χ1n) is 7.41. The number of piperazine rings is 1. The van der Waals surface area contributed by atoms with E-state index < -0.39 is 10.0 Å². The first-order chi connectivity index (χ1) is 11.1. The third-order valence-corrected chi connectivity index (χ3v) is 6.70. The van der Waals surface area contributed by atoms with Gasteiger partial charge in [-0.1, -0.05) is 24.3 Å². The van der Waals surface area contributed by atoms with E-state index in [1.165, 1.54) is 15.6 Å². The summed E-state index contributed by atoms with van der Waals surface area (Å²) in [6.45, 7) is 2.32. The maximum absolute atomic E-state index is 12.5. The smallest absolute Gasteiger partial charge is 0.243 e. The molecule has 1 fully saturated rings. The Kier molecular flexibility index (Phi) is 4.91. The Morgan fingerprint density at radius 3 is 2.30 bits per heavy atom. The topological polar surface area (TPSA) is 57.7 Å². The predicted molar refractivity (Wildman–Crippen MR) is 90.3 cm³/mol. The molecule has 1 aliphatic heterocycles. The molecule has 0 N–H and O–H groups in total. The van der Waals surface area contributed by atoms with Gasteiger partial charge in [-0.3, -0.25) is 9.69 Å². The highest BCUT2D eigenvalue weighted by Crippen LogP contribution is 2.17. The monoisotopic (exact) mass is 350 g/mol. The highest BCUT2D eigenvalue weighted by Gasteiger charge is 2.29. The lowest BCUT2D eigenvalue weighted by atomic mass is 10.2. The van der Waals surface area contributed by atoms with Gasteiger partial charge in [0.15, 0.2) is 5.78 Å². The van der Waals surface area contributed by atoms with E-state index in [1.807, 2.05) is 22.4 Å². The Morgan fingerprint density at radius 2 is 1.70 bits per heavy atom. The Morgan fingerprint density at radius 1 is 1.00 bits per heavy atom. The van der Waals surface area contributed by atoms with Crippen LogP contribution < -0.4 is 0 Å². The number of carbonyl (C=O) groups is 1. The molecule has 122 valence electrons. The Bertz CT molecular complexity index is 750. The average Bonchev–Trinajstić information content (AvgIpc) is 3.11. The molecule has 0 saturated carbocycles. The fourth-order valence-electron chi connectivity index (χ4n) is 2.59. The summed E-state index contributed by atoms with van der Waals surface area (Å²) in [6, 6.07) is 12.2. The highest BCUT2D eigenvalue weighted by atomic mass is 32.2. The van der Waals surface area contributed by atoms with Crippen molar-refractivity contribution in [3.05, 3.63) is 52.7 Å². The molecule has 0 aliphatic carbocycles. The predicted octanol–water partition coefficient (Wildman–Crippen LogP) is 1.94. The molecule has 2 aromatic rings. The molecule has 0 atom stereocenters. The van der Waals surface area contributed by atoms with E-state index >= 15 is 0 Å². The number of ketones is 1. The van der Waals surface area contributed by atoms with Crippen molar-refractivity contribution < 1.29 is 13.2 Å². The zero-order chi connectivity index (χ0) is 16.3. The van der Waals surface area contributed by atoms with Gasteiger partial charge in [-0.25, -0.2) is 8.42 Å². The van der Waals surface area contributed by atoms with E-state index in [4.69, 9.17) is 0 Å². The number of sulfonamides is 1. The van der Waals surface area contributed by atoms with Crippen molar-refractivity contribution in [2.45, 2.75) is 4.90 Å². The van der Waals surface area contributed by atoms with Gasteiger partial charge in [0.2, 0.25) is 10.0 Å². The summed E-state index contributed by atoms with van der Waals surface area (Å²) in [6.07, 6.45) is 0. The molecule has 3 rings (SSSR count). The maximum atomic E-state index is 12.5. The Hall–Kier alpha value is -1.54. The quantitative estimate of drug-likeness (QED) is 0.773. The van der Waals surface area contributed by atoms with E-state index in [9.17, 15) is 13.2 Å². The summed E-state index contributed by atoms with van der Waals surface area (Å²) in [5.41, 5.74) is 0. The van der Waals surface area contributed by atoms with Gasteiger partial charge in [-0.05, 0) is 23.6 Å². The lowest BCUT2D eigenvalue weighted by Crippen LogP contribution is -2.49. The Labute approximate surface area is 140 Å². The molecule has 7 heteroatoms. The van der Waals surface area contributed by atoms with Gasteiger partial charge in [0.25, 0.3) is 0 Å². The Balaban J connectivity index is 1.59. The summed E-state index contributed by atoms with van der Waals surface area (Å²) >= 11 is 1.44. The van der Waals surface area contributed by atoms with Crippen LogP contribution in [0.25, 0.3) is 0 Å². The molecule has 1 saturated heterocycles. The first kappa shape index (κ1) is 16.3. The number of thiophene rings is 1. The van der Waals surface area contributed by atoms with Crippen molar-refractivity contribution in [2.75, 3.05) is 32.7 Å². The molecule has 5 nitrogen and oxygen atoms in total. The van der Waals surface area contributed by atoms with Gasteiger partial charge >= 0.3 is 0 Å². The van der Waals surface area contributed by atoms with Gasteiger partial charge in [0, 0.05) is 26.2 Å². The van der Waals surface area contributed by atoms with E-state index in [0.717, 1.165) is 4.88 Å². The fraction of sp³-hybridized carbons (Fsp3) is 0.312. The van der Waals surface area contributed by atoms with Crippen LogP contribution in [0.3, 0.4) is 0 Å². The van der Waals surface area contributed by atoms with E-state index in [2.05, 4.69) is 0 Å². The van der Waals surface area contributed by atoms with Crippen LogP contribution in [0.1, 0.15) is 9.67 Å². The zero-order valence-electron chi connectivity index (χ0n) is 12.6. The number of benzene rings is 1. The van der Waals surface area contributed by atoms with Crippen LogP contribution in [0.15, 0.2) is 52.7 Å². The molecule has 0 unspecified atom stereocenters. The van der Waals surface area contributed by atoms with Crippen LogP contribution in [-0.4, -0.2) is 56.1 Å². The second kappa shape index (κ2) is 6.92. The SMILES string of the molecule is O=C(CN1CCN(S(=O)(=O)c2ccccc2)CC1)c1cccs1. The molecule has 0 radical (unpaired) electrons. The van der Waals surface area contributed by atoms with Gasteiger partial charge in [0.1, 0.15) is 0 Å². The van der Waals surface area contributed by atoms with E-state index in [1.54, 1.807) is 30.3 Å². The second-order valence-electron chi connectivity index (χ2n) is 5.39. The molecule has 1 aromatic heterocycles. The normalized spacial score (nSPS) is 17.2. The number of nitrogens with zero attached hydrogens (tertiary/aromatic N) is 2. The number of hydrogen-bond acceptors (Lipinski definition) is 5. The summed E-state index contributed by atoms with van der Waals surface area (Å²) in [5, 5.41) is 1.89. The van der Waals surface area contributed by atoms with Gasteiger partial charge < -0.3 is 0 Å². The third kappa shape index (κ3) is 3.69. The summed E-state index contributed by atoms with van der Waals surface area (Å²) in [7, 11) is -3.43. The maximum Gasteiger partial charge on any atom is 0.243 e. The molecule has 0 bridgehead atoms. The molecular weight excluding hydrogens is 332 g/mol. The van der Waals surface area contributed by atoms with Gasteiger partial charge in [0.05, 0.1) is 16.3 Å². The third-order valence-electron chi connectivity index (χ3n) is 3.88. The lowest BCUT2D eigenvalue weighted by molar-refractivity contribution is 0.0905. The van der Waals surface area contributed by atoms with Crippen LogP contribution in [0.4, 0.5) is 0 Å². The van der Waals surface area contributed by atoms with Gasteiger partial charge in [-0.15, -0.1) is 11.3 Å². The van der Waals surface area contributed by atoms with Crippen molar-refractivity contribution in [1.29, 1.82) is 0 Å². The number of Topliss-reactive ketones (excluding diaryl/α,β-unsaturated/α-hetero) is 1. The molecule has 1 aliphatic rings. The van der Waals surface area contributed by atoms with Crippen LogP contribution in [-0.2, 0) is 10.0 Å². The fourth-order valence-corrected chi connectivity index (χ4v) is 4.69. The lowest BCUT2D eigenvalue weighted by Gasteiger charge is -2.33. The largest absolute Gasteiger partial charge is 0.293 e. The summed E-state index contributed by atoms with van der Waals surface area (Å²) in [5.74, 6) is 0.0966. The van der Waals surface area contributed by atoms with Crippen molar-refractivity contribution in [3.63, 3.8) is 0 Å². The second-order valence-corrected chi connectivity index (χ2v) is 8.28. The van der Waals surface area contributed by atoms with Gasteiger partial charge in [-0.2, -0.15) is 4.31 Å². The molecule has 2 heterocycles. The molecule has 0 amide bonds. The first-order valence-corrected chi connectivity index (χ1v) is 9.73. The molecule has 23 heavy (non-hydrogen) atoms. The van der Waals surface area contributed by atoms with Crippen LogP contribution in [0, 0.1) is 0 Å². The number of carbonyl (C=O) groups excluding carboxylic acids is 1. The van der Waals surface area contributed by atoms with Crippen molar-refractivity contribution >= 4 is 27.1 Å². The standard InChI is InChI=1S/C16H18N2O3S2/c19-15(16-7-4-12-22-16)13-17-8-10-18(11-9-17)23(20,21)14-5-2-1-3-6-14/h1-7,12H,8-11,13H2. The van der Waals surface area contributed by atoms with Crippen molar-refractivity contribution in [2.24, 2.45) is 0 Å². The average molecular weight is 350 g/mol. The zero-order valence-corrected chi connectivity index (χ0v) is 14.2. The van der Waals surface area contributed by atoms with Crippen LogP contribution >= 0.6 is 11.3 Å². The minimum Gasteiger partial charge on any atom is -0.293 e. The highest BCUT2D eigenvalue weighted by molar-refractivity contribution is 7.89. The molecule has 1 aromatic carbocycles. The van der Waals surface area contributed by atoms with Crippen molar-refractivity contribution in [1.82, 2.24) is 9.21 Å². The van der Waals surface area contributed by atoms with E-state index in [-0.39, 0.29) is 5.78 Å². The number of hydrogen-bond donors (Lipinski definition) is 0. The van der Waals surface area contributed by atoms with E-state index in [0.29, 0.717) is 37.6 Å². The summed E-state index contributed by atoms with van der Waals surface area (Å²) in [4.78, 5) is 15.2. The van der Waals surface area contributed by atoms with Crippen LogP contribution in [0.2, 0.25) is 0 Å². The van der Waals surface area contributed by atoms with Crippen LogP contribution in [0.5, 0.6) is 0 Å². The van der Waals surface area contributed by atoms with Crippen molar-refractivity contribution in [3.8, 4) is 0 Å². The molecular formula is C16H18N2O3S2. The minimum absolute atomic E-state index is 0.0966.